The molecule has 1 amide bonds. The van der Waals surface area contributed by atoms with Crippen LogP contribution in [-0.4, -0.2) is 14.3 Å². The van der Waals surface area contributed by atoms with Crippen molar-refractivity contribution in [2.75, 3.05) is 5.32 Å². The van der Waals surface area contributed by atoms with E-state index in [4.69, 9.17) is 26.7 Å². The van der Waals surface area contributed by atoms with Crippen molar-refractivity contribution in [3.05, 3.63) is 78.9 Å². The molecule has 0 bridgehead atoms. The third-order valence-electron chi connectivity index (χ3n) is 4.62. The van der Waals surface area contributed by atoms with Crippen molar-refractivity contribution in [3.8, 4) is 17.6 Å². The molecule has 0 radical (unpaired) electrons. The summed E-state index contributed by atoms with van der Waals surface area (Å²) in [7, 11) is -4.01. The highest BCUT2D eigenvalue weighted by Gasteiger charge is 2.22. The van der Waals surface area contributed by atoms with Gasteiger partial charge in [0.05, 0.1) is 38.1 Å². The predicted octanol–water partition coefficient (Wildman–Crippen LogP) is 6.43. The molecular weight excluding hydrogens is 655 g/mol. The van der Waals surface area contributed by atoms with Crippen LogP contribution in [0.5, 0.6) is 11.5 Å². The van der Waals surface area contributed by atoms with Gasteiger partial charge in [-0.25, -0.2) is 26.7 Å². The number of rotatable bonds is 7. The normalized spacial score (nSPS) is 11.3. The summed E-state index contributed by atoms with van der Waals surface area (Å²) in [6.45, 7) is 0. The molecule has 3 N–H and O–H groups in total. The fourth-order valence-electron chi connectivity index (χ4n) is 2.98. The molecule has 0 saturated carbocycles. The van der Waals surface area contributed by atoms with Gasteiger partial charge in [0.2, 0.25) is 15.9 Å². The number of primary sulfonamides is 1. The Hall–Kier alpha value is -2.63. The minimum absolute atomic E-state index is 0.0648. The zero-order valence-corrected chi connectivity index (χ0v) is 22.4. The number of sulfonamides is 1. The number of ether oxygens (including phenoxy) is 1. The van der Waals surface area contributed by atoms with Crippen LogP contribution in [0.25, 0.3) is 0 Å². The first-order valence-electron chi connectivity index (χ1n) is 9.59. The molecule has 0 aliphatic carbocycles. The Kier molecular flexibility index (Phi) is 8.68. The van der Waals surface area contributed by atoms with Crippen molar-refractivity contribution in [1.82, 2.24) is 0 Å². The fourth-order valence-corrected chi connectivity index (χ4v) is 4.64. The summed E-state index contributed by atoms with van der Waals surface area (Å²) in [6.07, 6.45) is -3.39. The molecule has 3 rings (SSSR count). The molecule has 0 unspecified atom stereocenters. The minimum atomic E-state index is -4.01. The van der Waals surface area contributed by atoms with Crippen LogP contribution in [0.1, 0.15) is 23.1 Å². The molecule has 0 spiro atoms. The van der Waals surface area contributed by atoms with Gasteiger partial charge in [-0.15, -0.1) is 0 Å². The average Bonchev–Trinajstić information content (AvgIpc) is 2.80. The number of nitrogens with two attached hydrogens (primary N) is 1. The molecule has 0 fully saturated rings. The van der Waals surface area contributed by atoms with Crippen LogP contribution in [0.15, 0.2) is 56.3 Å². The summed E-state index contributed by atoms with van der Waals surface area (Å²) in [4.78, 5) is 12.3. The van der Waals surface area contributed by atoms with E-state index >= 15 is 4.39 Å². The molecule has 36 heavy (non-hydrogen) atoms. The monoisotopic (exact) mass is 665 g/mol. The number of carbonyl (C=O) groups excluding carboxylic acids is 1. The Balaban J connectivity index is 1.89. The summed E-state index contributed by atoms with van der Waals surface area (Å²) in [5.74, 6) is -2.28. The van der Waals surface area contributed by atoms with E-state index in [1.807, 2.05) is 0 Å². The molecule has 0 atom stereocenters. The highest BCUT2D eigenvalue weighted by molar-refractivity contribution is 9.13. The standard InChI is InChI=1S/C22H13Br2ClF3N3O4S/c23-15-6-11(7-18(32)31-17-2-1-14(8-16(17)25)36(30,33)34)20(26)21(19(15)24)35-13-4-10(9-29)3-12(5-13)22(27)28/h1-6,8,22H,7H2,(H,31,32)(H2,30,33,34). The quantitative estimate of drug-likeness (QED) is 0.281. The number of nitriles is 1. The van der Waals surface area contributed by atoms with Gasteiger partial charge in [0.1, 0.15) is 5.75 Å². The largest absolute Gasteiger partial charge is 0.453 e. The molecule has 14 heteroatoms. The van der Waals surface area contributed by atoms with Crippen LogP contribution in [0.2, 0.25) is 5.02 Å². The van der Waals surface area contributed by atoms with Crippen LogP contribution in [0.3, 0.4) is 0 Å². The Labute approximate surface area is 225 Å². The Bertz CT molecular complexity index is 1520. The molecule has 0 aliphatic rings. The summed E-state index contributed by atoms with van der Waals surface area (Å²) in [5, 5.41) is 16.5. The topological polar surface area (TPSA) is 122 Å². The number of anilines is 1. The first-order valence-corrected chi connectivity index (χ1v) is 13.1. The van der Waals surface area contributed by atoms with Gasteiger partial charge in [0, 0.05) is 15.6 Å². The highest BCUT2D eigenvalue weighted by atomic mass is 79.9. The second kappa shape index (κ2) is 11.2. The molecule has 188 valence electrons. The van der Waals surface area contributed by atoms with E-state index in [2.05, 4.69) is 37.2 Å². The molecule has 0 heterocycles. The van der Waals surface area contributed by atoms with Crippen molar-refractivity contribution in [2.45, 2.75) is 17.7 Å². The van der Waals surface area contributed by atoms with Crippen LogP contribution >= 0.6 is 43.5 Å². The summed E-state index contributed by atoms with van der Waals surface area (Å²) >= 11 is 12.4. The van der Waals surface area contributed by atoms with E-state index in [0.717, 1.165) is 30.3 Å². The minimum Gasteiger partial charge on any atom is -0.453 e. The number of hydrogen-bond acceptors (Lipinski definition) is 5. The third kappa shape index (κ3) is 6.57. The maximum atomic E-state index is 15.3. The SMILES string of the molecule is N#Cc1cc(Oc2c(F)c(CC(=O)Nc3ccc(S(N)(=O)=O)cc3Cl)cc(Br)c2Br)cc(C(F)F)c1. The number of carbonyl (C=O) groups is 1. The number of nitrogens with one attached hydrogen (secondary N) is 1. The maximum Gasteiger partial charge on any atom is 0.264 e. The first-order chi connectivity index (χ1) is 16.8. The molecule has 0 aliphatic heterocycles. The van der Waals surface area contributed by atoms with Crippen LogP contribution in [-0.2, 0) is 21.2 Å². The predicted molar refractivity (Wildman–Crippen MR) is 133 cm³/mol. The molecule has 3 aromatic rings. The Morgan fingerprint density at radius 1 is 1.19 bits per heavy atom. The van der Waals surface area contributed by atoms with Crippen LogP contribution in [0, 0.1) is 17.1 Å². The number of alkyl halides is 2. The van der Waals surface area contributed by atoms with Crippen LogP contribution in [0.4, 0.5) is 18.9 Å². The summed E-state index contributed by atoms with van der Waals surface area (Å²) < 4.78 is 70.4. The van der Waals surface area contributed by atoms with Crippen molar-refractivity contribution >= 4 is 65.1 Å². The lowest BCUT2D eigenvalue weighted by Gasteiger charge is -2.15. The summed E-state index contributed by atoms with van der Waals surface area (Å²) in [5.41, 5.74) is -0.657. The van der Waals surface area contributed by atoms with Gasteiger partial charge in [0.25, 0.3) is 6.43 Å². The zero-order valence-electron chi connectivity index (χ0n) is 17.7. The second-order valence-electron chi connectivity index (χ2n) is 7.19. The van der Waals surface area contributed by atoms with E-state index < -0.39 is 45.9 Å². The lowest BCUT2D eigenvalue weighted by atomic mass is 10.1. The van der Waals surface area contributed by atoms with Gasteiger partial charge in [-0.3, -0.25) is 4.79 Å². The number of nitrogens with zero attached hydrogens (tertiary/aromatic N) is 1. The van der Waals surface area contributed by atoms with Gasteiger partial charge in [-0.05, 0) is 74.3 Å². The van der Waals surface area contributed by atoms with E-state index in [1.165, 1.54) is 12.1 Å². The smallest absolute Gasteiger partial charge is 0.264 e. The molecule has 3 aromatic carbocycles. The number of halogens is 6. The van der Waals surface area contributed by atoms with E-state index in [-0.39, 0.29) is 37.0 Å². The van der Waals surface area contributed by atoms with Gasteiger partial charge < -0.3 is 10.1 Å². The zero-order chi connectivity index (χ0) is 26.8. The van der Waals surface area contributed by atoms with E-state index in [1.54, 1.807) is 6.07 Å². The van der Waals surface area contributed by atoms with Crippen molar-refractivity contribution in [3.63, 3.8) is 0 Å². The van der Waals surface area contributed by atoms with Crippen LogP contribution < -0.4 is 15.2 Å². The Morgan fingerprint density at radius 2 is 1.89 bits per heavy atom. The van der Waals surface area contributed by atoms with Gasteiger partial charge in [-0.2, -0.15) is 5.26 Å². The van der Waals surface area contributed by atoms with E-state index in [0.29, 0.717) is 4.47 Å². The van der Waals surface area contributed by atoms with Gasteiger partial charge in [0.15, 0.2) is 11.6 Å². The molecule has 0 saturated heterocycles. The van der Waals surface area contributed by atoms with Crippen molar-refractivity contribution in [2.24, 2.45) is 5.14 Å². The Morgan fingerprint density at radius 3 is 2.47 bits per heavy atom. The van der Waals surface area contributed by atoms with Gasteiger partial charge >= 0.3 is 0 Å². The number of benzene rings is 3. The first kappa shape index (κ1) is 27.9. The fraction of sp³-hybridized carbons (Fsp3) is 0.0909. The van der Waals surface area contributed by atoms with Crippen molar-refractivity contribution < 1.29 is 31.1 Å². The van der Waals surface area contributed by atoms with Crippen molar-refractivity contribution in [1.29, 1.82) is 5.26 Å². The highest BCUT2D eigenvalue weighted by Crippen LogP contribution is 2.40. The second-order valence-corrected chi connectivity index (χ2v) is 10.8. The molecular formula is C22H13Br2ClF3N3O4S. The molecule has 7 nitrogen and oxygen atoms in total. The lowest BCUT2D eigenvalue weighted by Crippen LogP contribution is -2.16. The number of amides is 1. The number of hydrogen-bond donors (Lipinski definition) is 2. The summed E-state index contributed by atoms with van der Waals surface area (Å²) in [6, 6.07) is 9.59. The maximum absolute atomic E-state index is 15.3. The average molecular weight is 668 g/mol. The van der Waals surface area contributed by atoms with E-state index in [9.17, 15) is 22.0 Å². The lowest BCUT2D eigenvalue weighted by molar-refractivity contribution is -0.115. The van der Waals surface area contributed by atoms with Gasteiger partial charge in [-0.1, -0.05) is 11.6 Å². The molecule has 0 aromatic heterocycles. The third-order valence-corrected chi connectivity index (χ3v) is 7.78.